The molecule has 0 atom stereocenters. The summed E-state index contributed by atoms with van der Waals surface area (Å²) in [6.45, 7) is 9.08. The van der Waals surface area contributed by atoms with Crippen molar-refractivity contribution in [1.29, 1.82) is 0 Å². The second kappa shape index (κ2) is 10.5. The van der Waals surface area contributed by atoms with E-state index >= 15 is 0 Å². The Hall–Kier alpha value is -0.534. The molecule has 0 bridgehead atoms. The molecule has 0 aliphatic rings. The van der Waals surface area contributed by atoms with Crippen LogP contribution >= 0.6 is 0 Å². The zero-order chi connectivity index (χ0) is 8.53. The molecule has 0 aromatic heterocycles. The van der Waals surface area contributed by atoms with Gasteiger partial charge in [-0.05, 0) is 0 Å². The fraction of sp³-hybridized carbons (Fsp3) is 0.0909. The Morgan fingerprint density at radius 1 is 1.17 bits per heavy atom. The summed E-state index contributed by atoms with van der Waals surface area (Å²) in [6, 6.07) is 9.87. The summed E-state index contributed by atoms with van der Waals surface area (Å²) in [4.78, 5) is 0. The van der Waals surface area contributed by atoms with E-state index in [4.69, 9.17) is 0 Å². The van der Waals surface area contributed by atoms with Crippen LogP contribution in [0.5, 0.6) is 0 Å². The Balaban J connectivity index is 0. The van der Waals surface area contributed by atoms with Crippen molar-refractivity contribution < 1.29 is 0 Å². The molecule has 0 saturated heterocycles. The van der Waals surface area contributed by atoms with Gasteiger partial charge < -0.3 is 0 Å². The second-order valence-corrected chi connectivity index (χ2v) is 2.05. The van der Waals surface area contributed by atoms with Crippen molar-refractivity contribution in [3.63, 3.8) is 0 Å². The van der Waals surface area contributed by atoms with Gasteiger partial charge in [0.25, 0.3) is 0 Å². The predicted octanol–water partition coefficient (Wildman–Crippen LogP) is 2.88. The topological polar surface area (TPSA) is 0 Å². The molecule has 0 saturated carbocycles. The van der Waals surface area contributed by atoms with Crippen LogP contribution in [0.15, 0.2) is 42.5 Å². The monoisotopic (exact) mass is 170 g/mol. The molecule has 0 fully saturated rings. The third-order valence-corrected chi connectivity index (χ3v) is 1.08. The second-order valence-electron chi connectivity index (χ2n) is 2.05. The summed E-state index contributed by atoms with van der Waals surface area (Å²) < 4.78 is 0. The minimum absolute atomic E-state index is 0. The van der Waals surface area contributed by atoms with E-state index in [1.165, 1.54) is 0 Å². The van der Waals surface area contributed by atoms with Crippen molar-refractivity contribution in [3.8, 4) is 0 Å². The Morgan fingerprint density at radius 2 is 1.58 bits per heavy atom. The van der Waals surface area contributed by atoms with Crippen molar-refractivity contribution in [1.82, 2.24) is 0 Å². The molecule has 0 heterocycles. The minimum Gasteiger partial charge on any atom is -0.245 e. The standard InChI is InChI=1S/C7H7.C4H7.Mg/c1-7-5-3-2-4-6-7;1-3-4-2;/h2-6H,1H2;3-4H,1H2,2H3;/q2*-1;+2/b;4-3+;. The molecule has 0 radical (unpaired) electrons. The summed E-state index contributed by atoms with van der Waals surface area (Å²) >= 11 is 0. The van der Waals surface area contributed by atoms with Crippen LogP contribution in [0.4, 0.5) is 0 Å². The van der Waals surface area contributed by atoms with Crippen LogP contribution in [0.3, 0.4) is 0 Å². The fourth-order valence-electron chi connectivity index (χ4n) is 0.478. The van der Waals surface area contributed by atoms with Crippen LogP contribution in [0.25, 0.3) is 0 Å². The first kappa shape index (κ1) is 14.0. The van der Waals surface area contributed by atoms with E-state index in [0.717, 1.165) is 5.56 Å². The fourth-order valence-corrected chi connectivity index (χ4v) is 0.478. The van der Waals surface area contributed by atoms with Gasteiger partial charge >= 0.3 is 23.1 Å². The number of hydrogen-bond acceptors (Lipinski definition) is 0. The van der Waals surface area contributed by atoms with Crippen molar-refractivity contribution in [2.45, 2.75) is 6.92 Å². The number of allylic oxidation sites excluding steroid dienone is 2. The minimum atomic E-state index is 0. The zero-order valence-electron chi connectivity index (χ0n) is 7.66. The molecule has 0 spiro atoms. The van der Waals surface area contributed by atoms with Gasteiger partial charge in [-0.2, -0.15) is 24.6 Å². The molecule has 0 unspecified atom stereocenters. The van der Waals surface area contributed by atoms with E-state index in [0.29, 0.717) is 0 Å². The van der Waals surface area contributed by atoms with E-state index < -0.39 is 0 Å². The predicted molar refractivity (Wildman–Crippen MR) is 56.8 cm³/mol. The summed E-state index contributed by atoms with van der Waals surface area (Å²) in [6.07, 6.45) is 3.64. The zero-order valence-corrected chi connectivity index (χ0v) is 9.08. The SMILES string of the molecule is [CH2-]/C=C/C.[CH2-]c1ccccc1.[Mg+2]. The van der Waals surface area contributed by atoms with Gasteiger partial charge in [-0.1, -0.05) is 6.07 Å². The van der Waals surface area contributed by atoms with Crippen LogP contribution in [-0.2, 0) is 0 Å². The Kier molecular flexibility index (Phi) is 12.2. The van der Waals surface area contributed by atoms with Crippen molar-refractivity contribution in [3.05, 3.63) is 61.9 Å². The van der Waals surface area contributed by atoms with Gasteiger partial charge in [0.05, 0.1) is 0 Å². The molecule has 1 aromatic rings. The van der Waals surface area contributed by atoms with Gasteiger partial charge in [-0.15, -0.1) is 19.1 Å². The van der Waals surface area contributed by atoms with Crippen molar-refractivity contribution >= 4 is 23.1 Å². The number of hydrogen-bond donors (Lipinski definition) is 0. The largest absolute Gasteiger partial charge is 2.00 e. The first-order valence-corrected chi connectivity index (χ1v) is 3.58. The maximum atomic E-state index is 3.72. The molecule has 0 amide bonds. The molecule has 12 heavy (non-hydrogen) atoms. The average Bonchev–Trinajstić information content (AvgIpc) is 2.07. The van der Waals surface area contributed by atoms with Crippen LogP contribution in [0.1, 0.15) is 12.5 Å². The molecule has 0 N–H and O–H groups in total. The van der Waals surface area contributed by atoms with Gasteiger partial charge in [0, 0.05) is 0 Å². The van der Waals surface area contributed by atoms with Gasteiger partial charge in [0.15, 0.2) is 0 Å². The normalized spacial score (nSPS) is 8.08. The van der Waals surface area contributed by atoms with Gasteiger partial charge in [-0.25, -0.2) is 19.1 Å². The molecular weight excluding hydrogens is 156 g/mol. The molecule has 1 heteroatoms. The van der Waals surface area contributed by atoms with Crippen LogP contribution in [0.2, 0.25) is 0 Å². The molecule has 0 aliphatic carbocycles. The molecule has 1 aromatic carbocycles. The Bertz CT molecular complexity index is 185. The smallest absolute Gasteiger partial charge is 0.245 e. The maximum absolute atomic E-state index is 3.72. The molecule has 0 nitrogen and oxygen atoms in total. The summed E-state index contributed by atoms with van der Waals surface area (Å²) in [5, 5.41) is 0. The first-order valence-electron chi connectivity index (χ1n) is 3.58. The van der Waals surface area contributed by atoms with E-state index in [1.54, 1.807) is 6.08 Å². The quantitative estimate of drug-likeness (QED) is 0.415. The first-order chi connectivity index (χ1) is 5.31. The number of rotatable bonds is 0. The summed E-state index contributed by atoms with van der Waals surface area (Å²) in [5.74, 6) is 0. The average molecular weight is 171 g/mol. The van der Waals surface area contributed by atoms with Crippen molar-refractivity contribution in [2.24, 2.45) is 0 Å². The maximum Gasteiger partial charge on any atom is 2.00 e. The Labute approximate surface area is 91.8 Å². The number of benzene rings is 1. The summed E-state index contributed by atoms with van der Waals surface area (Å²) in [5.41, 5.74) is 1.07. The van der Waals surface area contributed by atoms with Crippen LogP contribution in [0, 0.1) is 13.8 Å². The molecule has 60 valence electrons. The van der Waals surface area contributed by atoms with E-state index in [1.807, 2.05) is 43.3 Å². The van der Waals surface area contributed by atoms with E-state index in [2.05, 4.69) is 13.8 Å². The van der Waals surface area contributed by atoms with E-state index in [9.17, 15) is 0 Å². The Morgan fingerprint density at radius 3 is 1.75 bits per heavy atom. The molecular formula is C11H14Mg. The van der Waals surface area contributed by atoms with Crippen LogP contribution in [-0.4, -0.2) is 23.1 Å². The third kappa shape index (κ3) is 9.47. The van der Waals surface area contributed by atoms with Crippen molar-refractivity contribution in [2.75, 3.05) is 0 Å². The molecule has 1 rings (SSSR count). The van der Waals surface area contributed by atoms with E-state index in [-0.39, 0.29) is 23.1 Å². The summed E-state index contributed by atoms with van der Waals surface area (Å²) in [7, 11) is 0. The van der Waals surface area contributed by atoms with Gasteiger partial charge in [0.1, 0.15) is 0 Å². The van der Waals surface area contributed by atoms with Gasteiger partial charge in [0.2, 0.25) is 0 Å². The van der Waals surface area contributed by atoms with Gasteiger partial charge in [-0.3, -0.25) is 0 Å². The molecule has 0 aliphatic heterocycles. The van der Waals surface area contributed by atoms with Crippen LogP contribution < -0.4 is 0 Å². The third-order valence-electron chi connectivity index (χ3n) is 1.08.